The predicted molar refractivity (Wildman–Crippen MR) is 108 cm³/mol. The Morgan fingerprint density at radius 2 is 1.67 bits per heavy atom. The lowest BCUT2D eigenvalue weighted by Crippen LogP contribution is -2.14. The van der Waals surface area contributed by atoms with E-state index < -0.39 is 5.82 Å². The number of benzene rings is 2. The van der Waals surface area contributed by atoms with E-state index in [2.05, 4.69) is 15.6 Å². The summed E-state index contributed by atoms with van der Waals surface area (Å²) < 4.78 is 13.2. The van der Waals surface area contributed by atoms with E-state index >= 15 is 0 Å². The van der Waals surface area contributed by atoms with Crippen LogP contribution < -0.4 is 15.5 Å². The van der Waals surface area contributed by atoms with Gasteiger partial charge in [0.25, 0.3) is 5.91 Å². The van der Waals surface area contributed by atoms with Crippen LogP contribution in [0.4, 0.5) is 27.1 Å². The molecule has 0 radical (unpaired) electrons. The maximum atomic E-state index is 13.2. The molecule has 2 N–H and O–H groups in total. The number of carbonyl (C=O) groups is 1. The molecule has 1 aromatic heterocycles. The number of carbonyl (C=O) groups excluding carboxylic acids is 1. The third kappa shape index (κ3) is 4.74. The highest BCUT2D eigenvalue weighted by atomic mass is 35.5. The third-order valence-corrected chi connectivity index (χ3v) is 4.14. The fraction of sp³-hybridized carbons (Fsp3) is 0.100. The molecule has 5 nitrogen and oxygen atoms in total. The van der Waals surface area contributed by atoms with Crippen LogP contribution in [0.15, 0.2) is 60.8 Å². The van der Waals surface area contributed by atoms with Gasteiger partial charge in [-0.3, -0.25) is 4.79 Å². The van der Waals surface area contributed by atoms with Crippen LogP contribution in [-0.2, 0) is 0 Å². The van der Waals surface area contributed by atoms with Crippen LogP contribution in [0.1, 0.15) is 10.5 Å². The Balaban J connectivity index is 1.65. The average Bonchev–Trinajstić information content (AvgIpc) is 2.66. The molecule has 0 fully saturated rings. The van der Waals surface area contributed by atoms with Crippen LogP contribution in [0.25, 0.3) is 0 Å². The standard InChI is InChI=1S/C20H18ClFN4O/c1-26(2)16-7-3-13(4-8-16)25-20(27)19-10-6-15(12-23-19)24-14-5-9-18(22)17(21)11-14/h3-12,24H,1-2H3,(H,25,27). The van der Waals surface area contributed by atoms with E-state index in [0.717, 1.165) is 5.69 Å². The van der Waals surface area contributed by atoms with Crippen molar-refractivity contribution in [1.29, 1.82) is 0 Å². The molecule has 0 unspecified atom stereocenters. The van der Waals surface area contributed by atoms with Crippen molar-refractivity contribution in [2.24, 2.45) is 0 Å². The number of aromatic nitrogens is 1. The Hall–Kier alpha value is -3.12. The van der Waals surface area contributed by atoms with E-state index in [1.54, 1.807) is 18.2 Å². The Labute approximate surface area is 161 Å². The van der Waals surface area contributed by atoms with Crippen molar-refractivity contribution in [1.82, 2.24) is 4.98 Å². The van der Waals surface area contributed by atoms with Gasteiger partial charge in [-0.1, -0.05) is 11.6 Å². The maximum absolute atomic E-state index is 13.2. The van der Waals surface area contributed by atoms with Crippen molar-refractivity contribution in [3.63, 3.8) is 0 Å². The van der Waals surface area contributed by atoms with Gasteiger partial charge in [0.15, 0.2) is 0 Å². The zero-order chi connectivity index (χ0) is 19.4. The lowest BCUT2D eigenvalue weighted by Gasteiger charge is -2.13. The molecule has 2 aromatic carbocycles. The lowest BCUT2D eigenvalue weighted by atomic mass is 10.2. The molecule has 0 aliphatic rings. The van der Waals surface area contributed by atoms with Crippen molar-refractivity contribution in [2.75, 3.05) is 29.6 Å². The highest BCUT2D eigenvalue weighted by molar-refractivity contribution is 6.31. The number of nitrogens with one attached hydrogen (secondary N) is 2. The minimum Gasteiger partial charge on any atom is -0.378 e. The van der Waals surface area contributed by atoms with Gasteiger partial charge in [0.05, 0.1) is 16.9 Å². The molecule has 0 saturated carbocycles. The first-order valence-electron chi connectivity index (χ1n) is 8.19. The number of hydrogen-bond acceptors (Lipinski definition) is 4. The molecule has 138 valence electrons. The van der Waals surface area contributed by atoms with E-state index in [-0.39, 0.29) is 16.6 Å². The molecule has 3 rings (SSSR count). The largest absolute Gasteiger partial charge is 0.378 e. The smallest absolute Gasteiger partial charge is 0.274 e. The van der Waals surface area contributed by atoms with Crippen molar-refractivity contribution in [2.45, 2.75) is 0 Å². The molecule has 27 heavy (non-hydrogen) atoms. The van der Waals surface area contributed by atoms with Gasteiger partial charge in [0.1, 0.15) is 11.5 Å². The summed E-state index contributed by atoms with van der Waals surface area (Å²) in [7, 11) is 3.90. The van der Waals surface area contributed by atoms with Crippen LogP contribution >= 0.6 is 11.6 Å². The van der Waals surface area contributed by atoms with E-state index in [1.807, 2.05) is 43.3 Å². The predicted octanol–water partition coefficient (Wildman–Crippen LogP) is 4.94. The molecular weight excluding hydrogens is 367 g/mol. The van der Waals surface area contributed by atoms with Gasteiger partial charge in [-0.05, 0) is 54.6 Å². The Morgan fingerprint density at radius 3 is 2.26 bits per heavy atom. The molecule has 0 saturated heterocycles. The normalized spacial score (nSPS) is 10.4. The Bertz CT molecular complexity index is 943. The number of halogens is 2. The summed E-state index contributed by atoms with van der Waals surface area (Å²) in [5.74, 6) is -0.782. The van der Waals surface area contributed by atoms with Gasteiger partial charge in [-0.2, -0.15) is 0 Å². The third-order valence-electron chi connectivity index (χ3n) is 3.85. The first-order chi connectivity index (χ1) is 12.9. The van der Waals surface area contributed by atoms with Crippen molar-refractivity contribution in [3.05, 3.63) is 77.3 Å². The van der Waals surface area contributed by atoms with E-state index in [0.29, 0.717) is 17.1 Å². The number of hydrogen-bond donors (Lipinski definition) is 2. The number of nitrogens with zero attached hydrogens (tertiary/aromatic N) is 2. The second-order valence-corrected chi connectivity index (χ2v) is 6.49. The molecule has 3 aromatic rings. The molecule has 0 aliphatic heterocycles. The molecule has 1 amide bonds. The first-order valence-corrected chi connectivity index (χ1v) is 8.57. The van der Waals surface area contributed by atoms with Gasteiger partial charge < -0.3 is 15.5 Å². The van der Waals surface area contributed by atoms with E-state index in [9.17, 15) is 9.18 Å². The van der Waals surface area contributed by atoms with Gasteiger partial charge >= 0.3 is 0 Å². The zero-order valence-electron chi connectivity index (χ0n) is 14.8. The van der Waals surface area contributed by atoms with Gasteiger partial charge in [0.2, 0.25) is 0 Å². The molecule has 0 atom stereocenters. The molecular formula is C20H18ClFN4O. The average molecular weight is 385 g/mol. The summed E-state index contributed by atoms with van der Waals surface area (Å²) in [5.41, 5.74) is 3.30. The van der Waals surface area contributed by atoms with Crippen molar-refractivity contribution >= 4 is 40.3 Å². The first kappa shape index (κ1) is 18.7. The van der Waals surface area contributed by atoms with Crippen LogP contribution in [0.2, 0.25) is 5.02 Å². The highest BCUT2D eigenvalue weighted by Gasteiger charge is 2.08. The van der Waals surface area contributed by atoms with E-state index in [4.69, 9.17) is 11.6 Å². The lowest BCUT2D eigenvalue weighted by molar-refractivity contribution is 0.102. The molecule has 1 heterocycles. The van der Waals surface area contributed by atoms with Crippen molar-refractivity contribution in [3.8, 4) is 0 Å². The number of amides is 1. The van der Waals surface area contributed by atoms with Gasteiger partial charge in [0, 0.05) is 31.2 Å². The summed E-state index contributed by atoms with van der Waals surface area (Å²) in [6.07, 6.45) is 1.53. The van der Waals surface area contributed by atoms with Crippen LogP contribution in [-0.4, -0.2) is 25.0 Å². The Kier molecular flexibility index (Phi) is 5.57. The Morgan fingerprint density at radius 1 is 1.00 bits per heavy atom. The maximum Gasteiger partial charge on any atom is 0.274 e. The zero-order valence-corrected chi connectivity index (χ0v) is 15.6. The topological polar surface area (TPSA) is 57.3 Å². The molecule has 0 spiro atoms. The fourth-order valence-electron chi connectivity index (χ4n) is 2.38. The molecule has 7 heteroatoms. The van der Waals surface area contributed by atoms with Crippen LogP contribution in [0.5, 0.6) is 0 Å². The molecule has 0 aliphatic carbocycles. The summed E-state index contributed by atoms with van der Waals surface area (Å²) in [6.45, 7) is 0. The summed E-state index contributed by atoms with van der Waals surface area (Å²) in [6, 6.07) is 15.2. The number of anilines is 4. The van der Waals surface area contributed by atoms with Gasteiger partial charge in [-0.25, -0.2) is 9.37 Å². The summed E-state index contributed by atoms with van der Waals surface area (Å²) in [5, 5.41) is 5.89. The fourth-order valence-corrected chi connectivity index (χ4v) is 2.56. The second kappa shape index (κ2) is 8.05. The SMILES string of the molecule is CN(C)c1ccc(NC(=O)c2ccc(Nc3ccc(F)c(Cl)c3)cn2)cc1. The summed E-state index contributed by atoms with van der Waals surface area (Å²) in [4.78, 5) is 18.5. The monoisotopic (exact) mass is 384 g/mol. The second-order valence-electron chi connectivity index (χ2n) is 6.08. The minimum absolute atomic E-state index is 0.0317. The number of rotatable bonds is 5. The summed E-state index contributed by atoms with van der Waals surface area (Å²) >= 11 is 5.76. The van der Waals surface area contributed by atoms with Crippen molar-refractivity contribution < 1.29 is 9.18 Å². The van der Waals surface area contributed by atoms with Crippen LogP contribution in [0.3, 0.4) is 0 Å². The molecule has 0 bridgehead atoms. The highest BCUT2D eigenvalue weighted by Crippen LogP contribution is 2.22. The van der Waals surface area contributed by atoms with Gasteiger partial charge in [-0.15, -0.1) is 0 Å². The van der Waals surface area contributed by atoms with Crippen LogP contribution in [0, 0.1) is 5.82 Å². The van der Waals surface area contributed by atoms with E-state index in [1.165, 1.54) is 18.3 Å². The minimum atomic E-state index is -0.481. The number of pyridine rings is 1. The quantitative estimate of drug-likeness (QED) is 0.654.